The molecular formula is C13H7ClF3NO3. The van der Waals surface area contributed by atoms with Gasteiger partial charge in [0.15, 0.2) is 0 Å². The van der Waals surface area contributed by atoms with E-state index in [1.165, 1.54) is 24.3 Å². The van der Waals surface area contributed by atoms with E-state index >= 15 is 0 Å². The Bertz CT molecular complexity index is 689. The Balaban J connectivity index is 2.45. The standard InChI is InChI=1S/C13H7ClF3NO3/c14-8-2-1-3-10(6-8)21-12-5-4-9(18(19)20)7-11(12)13(15,16)17/h1-7H. The second-order valence-electron chi connectivity index (χ2n) is 3.99. The molecule has 0 amide bonds. The SMILES string of the molecule is O=[N+]([O-])c1ccc(Oc2cccc(Cl)c2)c(C(F)(F)F)c1. The van der Waals surface area contributed by atoms with Crippen molar-refractivity contribution in [2.45, 2.75) is 6.18 Å². The summed E-state index contributed by atoms with van der Waals surface area (Å²) in [6, 6.07) is 8.08. The number of non-ortho nitro benzene ring substituents is 1. The second kappa shape index (κ2) is 5.61. The molecule has 0 bridgehead atoms. The van der Waals surface area contributed by atoms with Crippen LogP contribution in [-0.4, -0.2) is 4.92 Å². The lowest BCUT2D eigenvalue weighted by Gasteiger charge is -2.13. The minimum atomic E-state index is -4.78. The Morgan fingerprint density at radius 3 is 2.43 bits per heavy atom. The smallest absolute Gasteiger partial charge is 0.420 e. The number of alkyl halides is 3. The fourth-order valence-electron chi connectivity index (χ4n) is 1.60. The first-order chi connectivity index (χ1) is 9.77. The van der Waals surface area contributed by atoms with Gasteiger partial charge in [-0.3, -0.25) is 10.1 Å². The zero-order chi connectivity index (χ0) is 15.6. The molecule has 0 aliphatic heterocycles. The molecule has 110 valence electrons. The number of nitro benzene ring substituents is 1. The van der Waals surface area contributed by atoms with E-state index in [9.17, 15) is 23.3 Å². The Kier molecular flexibility index (Phi) is 4.04. The molecule has 2 aromatic carbocycles. The minimum absolute atomic E-state index is 0.0989. The van der Waals surface area contributed by atoms with Crippen molar-refractivity contribution in [2.24, 2.45) is 0 Å². The summed E-state index contributed by atoms with van der Waals surface area (Å²) >= 11 is 5.72. The first-order valence-corrected chi connectivity index (χ1v) is 5.94. The molecule has 0 aliphatic carbocycles. The van der Waals surface area contributed by atoms with E-state index in [1.807, 2.05) is 0 Å². The van der Waals surface area contributed by atoms with Crippen molar-refractivity contribution in [1.29, 1.82) is 0 Å². The average Bonchev–Trinajstić information content (AvgIpc) is 2.37. The highest BCUT2D eigenvalue weighted by Gasteiger charge is 2.36. The summed E-state index contributed by atoms with van der Waals surface area (Å²) < 4.78 is 44.0. The molecule has 21 heavy (non-hydrogen) atoms. The van der Waals surface area contributed by atoms with Crippen LogP contribution in [-0.2, 0) is 6.18 Å². The van der Waals surface area contributed by atoms with Crippen LogP contribution in [0.2, 0.25) is 5.02 Å². The van der Waals surface area contributed by atoms with Gasteiger partial charge in [0, 0.05) is 17.2 Å². The lowest BCUT2D eigenvalue weighted by atomic mass is 10.1. The summed E-state index contributed by atoms with van der Waals surface area (Å²) in [5, 5.41) is 10.9. The van der Waals surface area contributed by atoms with Crippen LogP contribution in [0.5, 0.6) is 11.5 Å². The zero-order valence-electron chi connectivity index (χ0n) is 10.2. The van der Waals surface area contributed by atoms with E-state index in [1.54, 1.807) is 0 Å². The highest BCUT2D eigenvalue weighted by molar-refractivity contribution is 6.30. The third-order valence-corrected chi connectivity index (χ3v) is 2.74. The number of hydrogen-bond acceptors (Lipinski definition) is 3. The summed E-state index contributed by atoms with van der Waals surface area (Å²) in [6.07, 6.45) is -4.78. The largest absolute Gasteiger partial charge is 0.457 e. The van der Waals surface area contributed by atoms with Crippen molar-refractivity contribution in [3.05, 3.63) is 63.2 Å². The van der Waals surface area contributed by atoms with Crippen LogP contribution in [0.25, 0.3) is 0 Å². The topological polar surface area (TPSA) is 52.4 Å². The van der Waals surface area contributed by atoms with Crippen molar-refractivity contribution in [2.75, 3.05) is 0 Å². The van der Waals surface area contributed by atoms with Gasteiger partial charge in [-0.1, -0.05) is 17.7 Å². The van der Waals surface area contributed by atoms with Crippen molar-refractivity contribution < 1.29 is 22.8 Å². The van der Waals surface area contributed by atoms with E-state index in [0.29, 0.717) is 11.1 Å². The maximum Gasteiger partial charge on any atom is 0.420 e. The van der Waals surface area contributed by atoms with Gasteiger partial charge in [-0.15, -0.1) is 0 Å². The van der Waals surface area contributed by atoms with Gasteiger partial charge in [0.2, 0.25) is 0 Å². The molecule has 0 saturated carbocycles. The molecule has 0 unspecified atom stereocenters. The summed E-state index contributed by atoms with van der Waals surface area (Å²) in [5.41, 5.74) is -1.89. The number of nitrogens with zero attached hydrogens (tertiary/aromatic N) is 1. The number of nitro groups is 1. The van der Waals surface area contributed by atoms with E-state index in [0.717, 1.165) is 12.1 Å². The van der Waals surface area contributed by atoms with Crippen LogP contribution < -0.4 is 4.74 Å². The van der Waals surface area contributed by atoms with Gasteiger partial charge in [-0.25, -0.2) is 0 Å². The van der Waals surface area contributed by atoms with Crippen LogP contribution in [0, 0.1) is 10.1 Å². The molecule has 0 radical (unpaired) electrons. The number of hydrogen-bond donors (Lipinski definition) is 0. The highest BCUT2D eigenvalue weighted by Crippen LogP contribution is 2.40. The molecule has 4 nitrogen and oxygen atoms in total. The summed E-state index contributed by atoms with van der Waals surface area (Å²) in [5.74, 6) is -0.433. The third kappa shape index (κ3) is 3.63. The third-order valence-electron chi connectivity index (χ3n) is 2.50. The van der Waals surface area contributed by atoms with Crippen LogP contribution in [0.3, 0.4) is 0 Å². The zero-order valence-corrected chi connectivity index (χ0v) is 11.0. The molecular weight excluding hydrogens is 311 g/mol. The molecule has 2 rings (SSSR count). The number of halogens is 4. The fourth-order valence-corrected chi connectivity index (χ4v) is 1.78. The maximum atomic E-state index is 12.9. The lowest BCUT2D eigenvalue weighted by Crippen LogP contribution is -2.08. The van der Waals surface area contributed by atoms with Crippen LogP contribution in [0.1, 0.15) is 5.56 Å². The molecule has 0 fully saturated rings. The molecule has 0 atom stereocenters. The van der Waals surface area contributed by atoms with Gasteiger partial charge in [-0.05, 0) is 24.3 Å². The predicted octanol–water partition coefficient (Wildman–Crippen LogP) is 5.06. The van der Waals surface area contributed by atoms with Crippen molar-refractivity contribution in [1.82, 2.24) is 0 Å². The lowest BCUT2D eigenvalue weighted by molar-refractivity contribution is -0.385. The predicted molar refractivity (Wildman–Crippen MR) is 69.6 cm³/mol. The van der Waals surface area contributed by atoms with Crippen LogP contribution in [0.4, 0.5) is 18.9 Å². The van der Waals surface area contributed by atoms with Gasteiger partial charge >= 0.3 is 6.18 Å². The monoisotopic (exact) mass is 317 g/mol. The molecule has 8 heteroatoms. The average molecular weight is 318 g/mol. The molecule has 0 N–H and O–H groups in total. The molecule has 0 spiro atoms. The quantitative estimate of drug-likeness (QED) is 0.587. The van der Waals surface area contributed by atoms with E-state index in [4.69, 9.17) is 16.3 Å². The first-order valence-electron chi connectivity index (χ1n) is 5.56. The molecule has 0 aromatic heterocycles. The van der Waals surface area contributed by atoms with E-state index in [2.05, 4.69) is 0 Å². The van der Waals surface area contributed by atoms with Gasteiger partial charge in [0.05, 0.1) is 4.92 Å². The minimum Gasteiger partial charge on any atom is -0.457 e. The Labute approximate surface area is 121 Å². The summed E-state index contributed by atoms with van der Waals surface area (Å²) in [7, 11) is 0. The van der Waals surface area contributed by atoms with Gasteiger partial charge in [0.25, 0.3) is 5.69 Å². The van der Waals surface area contributed by atoms with Crippen LogP contribution in [0.15, 0.2) is 42.5 Å². The number of benzene rings is 2. The highest BCUT2D eigenvalue weighted by atomic mass is 35.5. The Hall–Kier alpha value is -2.28. The molecule has 0 aliphatic rings. The second-order valence-corrected chi connectivity index (χ2v) is 4.43. The van der Waals surface area contributed by atoms with E-state index in [-0.39, 0.29) is 5.75 Å². The van der Waals surface area contributed by atoms with E-state index < -0.39 is 28.1 Å². The van der Waals surface area contributed by atoms with Crippen LogP contribution >= 0.6 is 11.6 Å². The fraction of sp³-hybridized carbons (Fsp3) is 0.0769. The number of rotatable bonds is 3. The maximum absolute atomic E-state index is 12.9. The first kappa shape index (κ1) is 15.1. The summed E-state index contributed by atoms with van der Waals surface area (Å²) in [6.45, 7) is 0. The Morgan fingerprint density at radius 2 is 1.86 bits per heavy atom. The molecule has 2 aromatic rings. The summed E-state index contributed by atoms with van der Waals surface area (Å²) in [4.78, 5) is 9.67. The van der Waals surface area contributed by atoms with Gasteiger partial charge < -0.3 is 4.74 Å². The van der Waals surface area contributed by atoms with Gasteiger partial charge in [0.1, 0.15) is 17.1 Å². The van der Waals surface area contributed by atoms with Crippen molar-refractivity contribution >= 4 is 17.3 Å². The normalized spacial score (nSPS) is 11.2. The molecule has 0 saturated heterocycles. The molecule has 0 heterocycles. The van der Waals surface area contributed by atoms with Crippen molar-refractivity contribution in [3.63, 3.8) is 0 Å². The Morgan fingerprint density at radius 1 is 1.14 bits per heavy atom. The van der Waals surface area contributed by atoms with Gasteiger partial charge in [-0.2, -0.15) is 13.2 Å². The van der Waals surface area contributed by atoms with Crippen molar-refractivity contribution in [3.8, 4) is 11.5 Å². The number of ether oxygens (including phenoxy) is 1.